The number of amides is 1. The van der Waals surface area contributed by atoms with Crippen LogP contribution in [0.15, 0.2) is 22.7 Å². The minimum atomic E-state index is -4.85. The summed E-state index contributed by atoms with van der Waals surface area (Å²) in [6.45, 7) is 0.234. The highest BCUT2D eigenvalue weighted by Crippen LogP contribution is 2.31. The van der Waals surface area contributed by atoms with E-state index in [2.05, 4.69) is 26.0 Å². The van der Waals surface area contributed by atoms with Gasteiger partial charge in [0, 0.05) is 18.5 Å². The number of hydrogen-bond acceptors (Lipinski definition) is 3. The second-order valence-corrected chi connectivity index (χ2v) is 5.15. The van der Waals surface area contributed by atoms with Crippen molar-refractivity contribution in [2.75, 3.05) is 6.54 Å². The standard InChI is InChI=1S/C13H13BrF3NO4/c14-9-5-4-8(7-10(9)22-13(15,16)17)12(21)18-6-2-1-3-11(19)20/h4-5,7H,1-3,6H2,(H,18,21)(H,19,20). The van der Waals surface area contributed by atoms with E-state index in [1.54, 1.807) is 0 Å². The van der Waals surface area contributed by atoms with E-state index in [9.17, 15) is 22.8 Å². The predicted molar refractivity (Wildman–Crippen MR) is 74.6 cm³/mol. The number of carbonyl (C=O) groups is 2. The number of ether oxygens (including phenoxy) is 1. The number of alkyl halides is 3. The first-order chi connectivity index (χ1) is 10.2. The molecule has 0 bridgehead atoms. The van der Waals surface area contributed by atoms with Crippen molar-refractivity contribution < 1.29 is 32.6 Å². The van der Waals surface area contributed by atoms with Crippen molar-refractivity contribution in [1.29, 1.82) is 0 Å². The summed E-state index contributed by atoms with van der Waals surface area (Å²) < 4.78 is 40.5. The molecule has 0 heterocycles. The van der Waals surface area contributed by atoms with Crippen molar-refractivity contribution in [3.63, 3.8) is 0 Å². The van der Waals surface area contributed by atoms with Crippen LogP contribution in [-0.2, 0) is 4.79 Å². The first-order valence-corrected chi connectivity index (χ1v) is 7.03. The molecular weight excluding hydrogens is 371 g/mol. The van der Waals surface area contributed by atoms with Crippen molar-refractivity contribution in [3.05, 3.63) is 28.2 Å². The summed E-state index contributed by atoms with van der Waals surface area (Å²) in [5, 5.41) is 11.0. The highest BCUT2D eigenvalue weighted by Gasteiger charge is 2.32. The van der Waals surface area contributed by atoms with Crippen LogP contribution in [0.2, 0.25) is 0 Å². The molecule has 0 aromatic heterocycles. The van der Waals surface area contributed by atoms with E-state index in [1.165, 1.54) is 12.1 Å². The van der Waals surface area contributed by atoms with E-state index in [4.69, 9.17) is 5.11 Å². The van der Waals surface area contributed by atoms with Crippen LogP contribution >= 0.6 is 15.9 Å². The van der Waals surface area contributed by atoms with Crippen LogP contribution in [0, 0.1) is 0 Å². The molecule has 0 unspecified atom stereocenters. The fourth-order valence-electron chi connectivity index (χ4n) is 1.55. The molecule has 22 heavy (non-hydrogen) atoms. The zero-order valence-corrected chi connectivity index (χ0v) is 12.8. The largest absolute Gasteiger partial charge is 0.573 e. The van der Waals surface area contributed by atoms with Crippen LogP contribution in [0.4, 0.5) is 13.2 Å². The Balaban J connectivity index is 2.58. The molecule has 0 aliphatic rings. The van der Waals surface area contributed by atoms with Crippen molar-refractivity contribution in [2.24, 2.45) is 0 Å². The summed E-state index contributed by atoms with van der Waals surface area (Å²) in [6, 6.07) is 3.60. The second-order valence-electron chi connectivity index (χ2n) is 4.30. The molecule has 0 saturated heterocycles. The number of carbonyl (C=O) groups excluding carboxylic acids is 1. The molecule has 0 aliphatic carbocycles. The Morgan fingerprint density at radius 3 is 2.55 bits per heavy atom. The average Bonchev–Trinajstić information content (AvgIpc) is 2.38. The molecule has 0 fully saturated rings. The summed E-state index contributed by atoms with van der Waals surface area (Å²) in [7, 11) is 0. The van der Waals surface area contributed by atoms with Crippen LogP contribution in [0.3, 0.4) is 0 Å². The van der Waals surface area contributed by atoms with Crippen LogP contribution in [0.25, 0.3) is 0 Å². The molecule has 1 aromatic rings. The average molecular weight is 384 g/mol. The molecule has 9 heteroatoms. The summed E-state index contributed by atoms with van der Waals surface area (Å²) in [6.07, 6.45) is -4.00. The lowest BCUT2D eigenvalue weighted by molar-refractivity contribution is -0.274. The van der Waals surface area contributed by atoms with Gasteiger partial charge < -0.3 is 15.2 Å². The van der Waals surface area contributed by atoms with Gasteiger partial charge in [-0.05, 0) is 47.0 Å². The minimum Gasteiger partial charge on any atom is -0.481 e. The topological polar surface area (TPSA) is 75.6 Å². The number of carboxylic acid groups (broad SMARTS) is 1. The van der Waals surface area contributed by atoms with Gasteiger partial charge in [0.2, 0.25) is 0 Å². The van der Waals surface area contributed by atoms with Gasteiger partial charge >= 0.3 is 12.3 Å². The Morgan fingerprint density at radius 2 is 1.95 bits per heavy atom. The zero-order chi connectivity index (χ0) is 16.8. The maximum absolute atomic E-state index is 12.2. The number of benzene rings is 1. The Labute approximate surface area is 132 Å². The second kappa shape index (κ2) is 8.02. The molecule has 2 N–H and O–H groups in total. The Hall–Kier alpha value is -1.77. The summed E-state index contributed by atoms with van der Waals surface area (Å²) in [5.74, 6) is -1.99. The predicted octanol–water partition coefficient (Wildman–Crippen LogP) is 3.33. The van der Waals surface area contributed by atoms with Crippen LogP contribution in [-0.4, -0.2) is 29.9 Å². The maximum Gasteiger partial charge on any atom is 0.573 e. The van der Waals surface area contributed by atoms with Crippen molar-refractivity contribution in [3.8, 4) is 5.75 Å². The van der Waals surface area contributed by atoms with E-state index in [1.807, 2.05) is 0 Å². The molecule has 1 aromatic carbocycles. The Morgan fingerprint density at radius 1 is 1.27 bits per heavy atom. The lowest BCUT2D eigenvalue weighted by atomic mass is 10.2. The molecule has 1 rings (SSSR count). The molecule has 0 spiro atoms. The van der Waals surface area contributed by atoms with Gasteiger partial charge in [-0.1, -0.05) is 0 Å². The van der Waals surface area contributed by atoms with E-state index in [0.717, 1.165) is 6.07 Å². The SMILES string of the molecule is O=C(O)CCCCNC(=O)c1ccc(Br)c(OC(F)(F)F)c1. The molecule has 0 saturated carbocycles. The van der Waals surface area contributed by atoms with Gasteiger partial charge in [0.1, 0.15) is 5.75 Å². The van der Waals surface area contributed by atoms with Crippen LogP contribution < -0.4 is 10.1 Å². The number of hydrogen-bond donors (Lipinski definition) is 2. The fraction of sp³-hybridized carbons (Fsp3) is 0.385. The molecule has 122 valence electrons. The van der Waals surface area contributed by atoms with Gasteiger partial charge in [-0.2, -0.15) is 0 Å². The maximum atomic E-state index is 12.2. The van der Waals surface area contributed by atoms with Crippen molar-refractivity contribution >= 4 is 27.8 Å². The van der Waals surface area contributed by atoms with E-state index in [-0.39, 0.29) is 23.0 Å². The molecule has 1 amide bonds. The smallest absolute Gasteiger partial charge is 0.481 e. The summed E-state index contributed by atoms with van der Waals surface area (Å²) in [5.41, 5.74) is 0.0145. The highest BCUT2D eigenvalue weighted by atomic mass is 79.9. The number of carboxylic acids is 1. The number of rotatable bonds is 7. The number of nitrogens with one attached hydrogen (secondary N) is 1. The summed E-state index contributed by atoms with van der Waals surface area (Å²) in [4.78, 5) is 22.1. The third-order valence-corrected chi connectivity index (χ3v) is 3.18. The molecule has 0 atom stereocenters. The Kier molecular flexibility index (Phi) is 6.66. The first kappa shape index (κ1) is 18.3. The molecule has 0 aliphatic heterocycles. The Bertz CT molecular complexity index is 549. The molecule has 0 radical (unpaired) electrons. The van der Waals surface area contributed by atoms with Crippen LogP contribution in [0.1, 0.15) is 29.6 Å². The highest BCUT2D eigenvalue weighted by molar-refractivity contribution is 9.10. The normalized spacial score (nSPS) is 11.1. The van der Waals surface area contributed by atoms with Gasteiger partial charge in [0.05, 0.1) is 4.47 Å². The van der Waals surface area contributed by atoms with Gasteiger partial charge in [0.15, 0.2) is 0 Å². The molecule has 5 nitrogen and oxygen atoms in total. The van der Waals surface area contributed by atoms with E-state index >= 15 is 0 Å². The van der Waals surface area contributed by atoms with Gasteiger partial charge in [0.25, 0.3) is 5.91 Å². The number of halogens is 4. The van der Waals surface area contributed by atoms with Crippen LogP contribution in [0.5, 0.6) is 5.75 Å². The quantitative estimate of drug-likeness (QED) is 0.708. The third kappa shape index (κ3) is 6.79. The monoisotopic (exact) mass is 383 g/mol. The minimum absolute atomic E-state index is 0.00226. The van der Waals surface area contributed by atoms with Gasteiger partial charge in [-0.15, -0.1) is 13.2 Å². The first-order valence-electron chi connectivity index (χ1n) is 6.24. The molecular formula is C13H13BrF3NO4. The van der Waals surface area contributed by atoms with E-state index < -0.39 is 24.0 Å². The zero-order valence-electron chi connectivity index (χ0n) is 11.2. The number of unbranched alkanes of at least 4 members (excludes halogenated alkanes) is 1. The van der Waals surface area contributed by atoms with Crippen molar-refractivity contribution in [1.82, 2.24) is 5.32 Å². The number of aliphatic carboxylic acids is 1. The van der Waals surface area contributed by atoms with Gasteiger partial charge in [-0.25, -0.2) is 0 Å². The lowest BCUT2D eigenvalue weighted by Crippen LogP contribution is -2.25. The lowest BCUT2D eigenvalue weighted by Gasteiger charge is -2.12. The summed E-state index contributed by atoms with van der Waals surface area (Å²) >= 11 is 2.91. The van der Waals surface area contributed by atoms with E-state index in [0.29, 0.717) is 12.8 Å². The fourth-order valence-corrected chi connectivity index (χ4v) is 1.88. The van der Waals surface area contributed by atoms with Gasteiger partial charge in [-0.3, -0.25) is 9.59 Å². The third-order valence-electron chi connectivity index (χ3n) is 2.52. The van der Waals surface area contributed by atoms with Crippen molar-refractivity contribution in [2.45, 2.75) is 25.6 Å².